The van der Waals surface area contributed by atoms with Crippen LogP contribution in [0.3, 0.4) is 0 Å². The summed E-state index contributed by atoms with van der Waals surface area (Å²) in [6.45, 7) is 3.61. The van der Waals surface area contributed by atoms with Crippen LogP contribution in [0.25, 0.3) is 0 Å². The first kappa shape index (κ1) is 10.5. The van der Waals surface area contributed by atoms with E-state index in [0.29, 0.717) is 6.04 Å². The van der Waals surface area contributed by atoms with E-state index in [2.05, 4.69) is 16.3 Å². The molecule has 4 heteroatoms. The number of hydrogen-bond donors (Lipinski definition) is 1. The van der Waals surface area contributed by atoms with E-state index in [-0.39, 0.29) is 11.4 Å². The second kappa shape index (κ2) is 3.56. The van der Waals surface area contributed by atoms with Crippen molar-refractivity contribution >= 4 is 5.91 Å². The second-order valence-electron chi connectivity index (χ2n) is 5.66. The van der Waals surface area contributed by atoms with E-state index >= 15 is 0 Å². The van der Waals surface area contributed by atoms with Gasteiger partial charge in [0.1, 0.15) is 0 Å². The lowest BCUT2D eigenvalue weighted by Gasteiger charge is -2.56. The number of benzene rings is 1. The molecule has 1 aromatic carbocycles. The van der Waals surface area contributed by atoms with Gasteiger partial charge in [-0.2, -0.15) is 0 Å². The number of likely N-dealkylation sites (tertiary alicyclic amines) is 1. The fourth-order valence-electron chi connectivity index (χ4n) is 3.23. The van der Waals surface area contributed by atoms with Gasteiger partial charge in [-0.25, -0.2) is 0 Å². The fourth-order valence-corrected chi connectivity index (χ4v) is 3.23. The van der Waals surface area contributed by atoms with Gasteiger partial charge in [0.25, 0.3) is 5.91 Å². The van der Waals surface area contributed by atoms with Gasteiger partial charge in [0, 0.05) is 18.7 Å². The van der Waals surface area contributed by atoms with Crippen molar-refractivity contribution in [2.24, 2.45) is 0 Å². The lowest BCUT2D eigenvalue weighted by atomic mass is 9.78. The molecule has 0 saturated carbocycles. The van der Waals surface area contributed by atoms with Crippen molar-refractivity contribution in [1.29, 1.82) is 0 Å². The summed E-state index contributed by atoms with van der Waals surface area (Å²) in [4.78, 5) is 14.5. The van der Waals surface area contributed by atoms with Crippen LogP contribution in [0, 0.1) is 0 Å². The highest BCUT2D eigenvalue weighted by molar-refractivity contribution is 5.97. The third kappa shape index (κ3) is 1.42. The van der Waals surface area contributed by atoms with Gasteiger partial charge in [0.2, 0.25) is 0 Å². The van der Waals surface area contributed by atoms with Gasteiger partial charge >= 0.3 is 0 Å². The van der Waals surface area contributed by atoms with Crippen LogP contribution in [0.15, 0.2) is 24.3 Å². The number of nitrogens with zero attached hydrogens (tertiary/aromatic N) is 1. The molecule has 0 unspecified atom stereocenters. The summed E-state index contributed by atoms with van der Waals surface area (Å²) in [7, 11) is 0. The normalized spacial score (nSPS) is 26.1. The molecule has 3 aliphatic rings. The van der Waals surface area contributed by atoms with Crippen LogP contribution in [0.5, 0.6) is 0 Å². The van der Waals surface area contributed by atoms with Crippen molar-refractivity contribution < 1.29 is 9.53 Å². The molecule has 18 heavy (non-hydrogen) atoms. The van der Waals surface area contributed by atoms with Gasteiger partial charge in [0.05, 0.1) is 24.8 Å². The van der Waals surface area contributed by atoms with Crippen LogP contribution >= 0.6 is 0 Å². The Bertz CT molecular complexity index is 504. The molecule has 2 saturated heterocycles. The van der Waals surface area contributed by atoms with Crippen molar-refractivity contribution in [3.8, 4) is 0 Å². The van der Waals surface area contributed by atoms with Gasteiger partial charge in [-0.15, -0.1) is 0 Å². The summed E-state index contributed by atoms with van der Waals surface area (Å²) in [5, 5.41) is 3.20. The molecule has 2 fully saturated rings. The van der Waals surface area contributed by atoms with Crippen LogP contribution in [0.1, 0.15) is 15.9 Å². The number of ether oxygens (including phenoxy) is 1. The number of carbonyl (C=O) groups excluding carboxylic acids is 1. The van der Waals surface area contributed by atoms with E-state index in [9.17, 15) is 4.79 Å². The molecule has 94 valence electrons. The summed E-state index contributed by atoms with van der Waals surface area (Å²) in [5.41, 5.74) is 2.00. The number of amides is 1. The number of hydrogen-bond acceptors (Lipinski definition) is 3. The fraction of sp³-hybridized carbons (Fsp3) is 0.500. The molecule has 4 nitrogen and oxygen atoms in total. The molecule has 3 heterocycles. The number of nitrogens with one attached hydrogen (secondary N) is 1. The molecule has 4 rings (SSSR count). The molecule has 0 aliphatic carbocycles. The average Bonchev–Trinajstić information content (AvgIpc) is 2.25. The number of carbonyl (C=O) groups is 1. The maximum Gasteiger partial charge on any atom is 0.252 e. The van der Waals surface area contributed by atoms with Crippen molar-refractivity contribution in [2.45, 2.75) is 18.0 Å². The molecule has 1 amide bonds. The molecule has 1 aromatic rings. The third-order valence-electron chi connectivity index (χ3n) is 4.32. The van der Waals surface area contributed by atoms with Crippen LogP contribution in [-0.4, -0.2) is 48.7 Å². The molecule has 0 atom stereocenters. The first-order valence-corrected chi connectivity index (χ1v) is 6.48. The maximum atomic E-state index is 12.1. The Morgan fingerprint density at radius 3 is 2.78 bits per heavy atom. The molecule has 3 aliphatic heterocycles. The number of rotatable bonds is 1. The zero-order valence-electron chi connectivity index (χ0n) is 10.2. The van der Waals surface area contributed by atoms with Gasteiger partial charge in [-0.3, -0.25) is 9.69 Å². The molecular formula is C14H16N2O2. The highest BCUT2D eigenvalue weighted by Gasteiger charge is 2.50. The minimum atomic E-state index is -0.0268. The lowest BCUT2D eigenvalue weighted by Crippen LogP contribution is -2.76. The van der Waals surface area contributed by atoms with Crippen molar-refractivity contribution in [3.05, 3.63) is 35.4 Å². The molecule has 0 aromatic heterocycles. The van der Waals surface area contributed by atoms with E-state index in [0.717, 1.165) is 38.3 Å². The topological polar surface area (TPSA) is 41.6 Å². The largest absolute Gasteiger partial charge is 0.378 e. The van der Waals surface area contributed by atoms with E-state index in [4.69, 9.17) is 4.74 Å². The molecule has 0 bridgehead atoms. The SMILES string of the molecule is O=C1NC2(Cc3ccccc31)CN(C1COC1)C2. The van der Waals surface area contributed by atoms with Crippen LogP contribution in [0.2, 0.25) is 0 Å². The number of fused-ring (bicyclic) bond motifs is 1. The predicted molar refractivity (Wildman–Crippen MR) is 66.5 cm³/mol. The Balaban J connectivity index is 1.54. The van der Waals surface area contributed by atoms with Gasteiger partial charge in [0.15, 0.2) is 0 Å². The van der Waals surface area contributed by atoms with E-state index in [1.165, 1.54) is 5.56 Å². The zero-order valence-corrected chi connectivity index (χ0v) is 10.2. The quantitative estimate of drug-likeness (QED) is 0.778. The summed E-state index contributed by atoms with van der Waals surface area (Å²) < 4.78 is 5.22. The summed E-state index contributed by atoms with van der Waals surface area (Å²) in [5.74, 6) is 0.0846. The molecule has 1 N–H and O–H groups in total. The Hall–Kier alpha value is -1.39. The smallest absolute Gasteiger partial charge is 0.252 e. The average molecular weight is 244 g/mol. The lowest BCUT2D eigenvalue weighted by molar-refractivity contribution is -0.113. The third-order valence-corrected chi connectivity index (χ3v) is 4.32. The highest BCUT2D eigenvalue weighted by atomic mass is 16.5. The minimum absolute atomic E-state index is 0.0268. The van der Waals surface area contributed by atoms with Crippen LogP contribution in [-0.2, 0) is 11.2 Å². The zero-order chi connectivity index (χ0) is 12.2. The Kier molecular flexibility index (Phi) is 2.08. The Morgan fingerprint density at radius 2 is 2.06 bits per heavy atom. The highest BCUT2D eigenvalue weighted by Crippen LogP contribution is 2.33. The standard InChI is InChI=1S/C14H16N2O2/c17-13-12-4-2-1-3-10(12)5-14(15-13)8-16(9-14)11-6-18-7-11/h1-4,11H,5-9H2,(H,15,17). The summed E-state index contributed by atoms with van der Waals surface area (Å²) >= 11 is 0. The Labute approximate surface area is 106 Å². The van der Waals surface area contributed by atoms with Crippen molar-refractivity contribution in [2.75, 3.05) is 26.3 Å². The van der Waals surface area contributed by atoms with Crippen molar-refractivity contribution in [3.63, 3.8) is 0 Å². The van der Waals surface area contributed by atoms with Crippen LogP contribution < -0.4 is 5.32 Å². The predicted octanol–water partition coefficient (Wildman–Crippen LogP) is 0.426. The molecular weight excluding hydrogens is 228 g/mol. The van der Waals surface area contributed by atoms with Gasteiger partial charge < -0.3 is 10.1 Å². The van der Waals surface area contributed by atoms with E-state index < -0.39 is 0 Å². The molecule has 0 radical (unpaired) electrons. The van der Waals surface area contributed by atoms with E-state index in [1.807, 2.05) is 18.2 Å². The van der Waals surface area contributed by atoms with Crippen LogP contribution in [0.4, 0.5) is 0 Å². The Morgan fingerprint density at radius 1 is 1.28 bits per heavy atom. The summed E-state index contributed by atoms with van der Waals surface area (Å²) in [6.07, 6.45) is 0.957. The molecule has 1 spiro atoms. The first-order chi connectivity index (χ1) is 8.76. The van der Waals surface area contributed by atoms with E-state index in [1.54, 1.807) is 0 Å². The maximum absolute atomic E-state index is 12.1. The minimum Gasteiger partial charge on any atom is -0.378 e. The first-order valence-electron chi connectivity index (χ1n) is 6.48. The second-order valence-corrected chi connectivity index (χ2v) is 5.66. The monoisotopic (exact) mass is 244 g/mol. The van der Waals surface area contributed by atoms with Gasteiger partial charge in [-0.1, -0.05) is 18.2 Å². The van der Waals surface area contributed by atoms with Gasteiger partial charge in [-0.05, 0) is 18.1 Å². The summed E-state index contributed by atoms with van der Waals surface area (Å²) in [6, 6.07) is 8.50. The van der Waals surface area contributed by atoms with Crippen molar-refractivity contribution in [1.82, 2.24) is 10.2 Å².